The molecule has 160 valence electrons. The van der Waals surface area contributed by atoms with Crippen LogP contribution in [-0.2, 0) is 23.9 Å². The van der Waals surface area contributed by atoms with E-state index in [9.17, 15) is 5.11 Å². The molecule has 3 N–H and O–H groups in total. The first-order valence-corrected chi connectivity index (χ1v) is 10.9. The van der Waals surface area contributed by atoms with Crippen LogP contribution in [0.2, 0.25) is 10.0 Å². The Kier molecular flexibility index (Phi) is 8.03. The molecule has 0 aliphatic carbocycles. The van der Waals surface area contributed by atoms with E-state index >= 15 is 0 Å². The summed E-state index contributed by atoms with van der Waals surface area (Å²) in [6, 6.07) is 10.2. The summed E-state index contributed by atoms with van der Waals surface area (Å²) in [6.07, 6.45) is 0. The number of hydrogen-bond donors (Lipinski definition) is 3. The van der Waals surface area contributed by atoms with Crippen molar-refractivity contribution in [2.45, 2.75) is 65.5 Å². The second-order valence-corrected chi connectivity index (χ2v) is 10.5. The zero-order valence-electron chi connectivity index (χ0n) is 18.4. The minimum Gasteiger partial charge on any atom is -0.506 e. The number of halogens is 2. The highest BCUT2D eigenvalue weighted by atomic mass is 35.5. The predicted molar refractivity (Wildman–Crippen MR) is 125 cm³/mol. The van der Waals surface area contributed by atoms with Gasteiger partial charge in [-0.3, -0.25) is 0 Å². The number of phenols is 1. The molecule has 0 unspecified atom stereocenters. The molecular weight excluding hydrogens is 403 g/mol. The third-order valence-corrected chi connectivity index (χ3v) is 5.46. The number of nitrogens with one attached hydrogen (secondary N) is 2. The standard InChI is InChI=1S/C24H34Cl2N2O/c1-23(2,3)18-9-16(10-19(12-18)24(4,5)6)14-27-7-8-28-15-17-11-20(25)13-21(26)22(17)29/h9-13,27-29H,7-8,14-15H2,1-6H3. The Morgan fingerprint density at radius 3 is 1.79 bits per heavy atom. The average Bonchev–Trinajstić information content (AvgIpc) is 2.60. The van der Waals surface area contributed by atoms with Crippen LogP contribution in [-0.4, -0.2) is 18.2 Å². The van der Waals surface area contributed by atoms with Crippen LogP contribution in [0.3, 0.4) is 0 Å². The van der Waals surface area contributed by atoms with Crippen LogP contribution in [0, 0.1) is 0 Å². The molecule has 0 spiro atoms. The molecule has 2 aromatic rings. The van der Waals surface area contributed by atoms with E-state index in [0.717, 1.165) is 19.6 Å². The highest BCUT2D eigenvalue weighted by Gasteiger charge is 2.20. The van der Waals surface area contributed by atoms with Gasteiger partial charge in [-0.25, -0.2) is 0 Å². The lowest BCUT2D eigenvalue weighted by molar-refractivity contribution is 0.464. The maximum Gasteiger partial charge on any atom is 0.138 e. The van der Waals surface area contributed by atoms with Crippen LogP contribution >= 0.6 is 23.2 Å². The molecular formula is C24H34Cl2N2O. The lowest BCUT2D eigenvalue weighted by atomic mass is 9.79. The molecule has 0 radical (unpaired) electrons. The van der Waals surface area contributed by atoms with E-state index in [1.54, 1.807) is 12.1 Å². The Morgan fingerprint density at radius 1 is 0.759 bits per heavy atom. The summed E-state index contributed by atoms with van der Waals surface area (Å²) < 4.78 is 0. The smallest absolute Gasteiger partial charge is 0.138 e. The van der Waals surface area contributed by atoms with Gasteiger partial charge >= 0.3 is 0 Å². The van der Waals surface area contributed by atoms with Crippen LogP contribution in [0.25, 0.3) is 0 Å². The Labute approximate surface area is 185 Å². The van der Waals surface area contributed by atoms with Gasteiger partial charge in [-0.2, -0.15) is 0 Å². The van der Waals surface area contributed by atoms with Crippen molar-refractivity contribution < 1.29 is 5.11 Å². The summed E-state index contributed by atoms with van der Waals surface area (Å²) in [4.78, 5) is 0. The number of benzene rings is 2. The first kappa shape index (κ1) is 24.0. The van der Waals surface area contributed by atoms with E-state index < -0.39 is 0 Å². The fourth-order valence-corrected chi connectivity index (χ4v) is 3.58. The third kappa shape index (κ3) is 7.18. The van der Waals surface area contributed by atoms with Crippen molar-refractivity contribution in [1.29, 1.82) is 0 Å². The van der Waals surface area contributed by atoms with Crippen LogP contribution in [0.15, 0.2) is 30.3 Å². The van der Waals surface area contributed by atoms with Gasteiger partial charge in [-0.15, -0.1) is 0 Å². The summed E-state index contributed by atoms with van der Waals surface area (Å²) in [7, 11) is 0. The lowest BCUT2D eigenvalue weighted by Crippen LogP contribution is -2.27. The Balaban J connectivity index is 1.91. The summed E-state index contributed by atoms with van der Waals surface area (Å²) >= 11 is 12.0. The predicted octanol–water partition coefficient (Wildman–Crippen LogP) is 6.17. The highest BCUT2D eigenvalue weighted by molar-refractivity contribution is 6.35. The zero-order valence-corrected chi connectivity index (χ0v) is 19.9. The molecule has 29 heavy (non-hydrogen) atoms. The van der Waals surface area contributed by atoms with E-state index in [-0.39, 0.29) is 21.6 Å². The summed E-state index contributed by atoms with van der Waals surface area (Å²) in [5.74, 6) is 0.0882. The van der Waals surface area contributed by atoms with Crippen LogP contribution in [0.1, 0.15) is 63.8 Å². The van der Waals surface area contributed by atoms with Crippen molar-refractivity contribution in [2.24, 2.45) is 0 Å². The molecule has 0 atom stereocenters. The van der Waals surface area contributed by atoms with E-state index in [0.29, 0.717) is 17.1 Å². The maximum absolute atomic E-state index is 10.0. The quantitative estimate of drug-likeness (QED) is 0.454. The van der Waals surface area contributed by atoms with Crippen LogP contribution in [0.4, 0.5) is 0 Å². The molecule has 0 aliphatic heterocycles. The second-order valence-electron chi connectivity index (χ2n) is 9.67. The molecule has 0 fully saturated rings. The van der Waals surface area contributed by atoms with Gasteiger partial charge in [0.1, 0.15) is 5.75 Å². The van der Waals surface area contributed by atoms with E-state index in [2.05, 4.69) is 70.4 Å². The summed E-state index contributed by atoms with van der Waals surface area (Å²) in [6.45, 7) is 16.5. The second kappa shape index (κ2) is 9.70. The Morgan fingerprint density at radius 2 is 1.28 bits per heavy atom. The van der Waals surface area contributed by atoms with Gasteiger partial charge in [-0.05, 0) is 39.7 Å². The summed E-state index contributed by atoms with van der Waals surface area (Å²) in [5.41, 5.74) is 4.99. The number of rotatable bonds is 7. The van der Waals surface area contributed by atoms with Crippen LogP contribution < -0.4 is 10.6 Å². The van der Waals surface area contributed by atoms with Gasteiger partial charge in [0.15, 0.2) is 0 Å². The van der Waals surface area contributed by atoms with Crippen molar-refractivity contribution in [3.05, 3.63) is 62.6 Å². The Bertz CT molecular complexity index is 804. The first-order valence-electron chi connectivity index (χ1n) is 10.1. The van der Waals surface area contributed by atoms with Gasteiger partial charge in [0, 0.05) is 36.8 Å². The van der Waals surface area contributed by atoms with E-state index in [1.165, 1.54) is 16.7 Å². The molecule has 0 aliphatic rings. The molecule has 0 bridgehead atoms. The van der Waals surface area contributed by atoms with Gasteiger partial charge in [-0.1, -0.05) is 82.9 Å². The maximum atomic E-state index is 10.0. The van der Waals surface area contributed by atoms with Gasteiger partial charge < -0.3 is 15.7 Å². The SMILES string of the molecule is CC(C)(C)c1cc(CNCCNCc2cc(Cl)cc(Cl)c2O)cc(C(C)(C)C)c1. The molecule has 0 saturated carbocycles. The largest absolute Gasteiger partial charge is 0.506 e. The van der Waals surface area contributed by atoms with E-state index in [1.807, 2.05) is 0 Å². The molecule has 2 aromatic carbocycles. The average molecular weight is 437 g/mol. The van der Waals surface area contributed by atoms with Crippen molar-refractivity contribution >= 4 is 23.2 Å². The van der Waals surface area contributed by atoms with Crippen LogP contribution in [0.5, 0.6) is 5.75 Å². The van der Waals surface area contributed by atoms with Crippen molar-refractivity contribution in [2.75, 3.05) is 13.1 Å². The zero-order chi connectivity index (χ0) is 21.8. The normalized spacial score (nSPS) is 12.4. The molecule has 0 amide bonds. The minimum absolute atomic E-state index is 0.0882. The summed E-state index contributed by atoms with van der Waals surface area (Å²) in [5, 5.41) is 17.6. The topological polar surface area (TPSA) is 44.3 Å². The third-order valence-electron chi connectivity index (χ3n) is 4.96. The lowest BCUT2D eigenvalue weighted by Gasteiger charge is -2.26. The molecule has 0 saturated heterocycles. The minimum atomic E-state index is 0.0882. The molecule has 2 rings (SSSR count). The first-order chi connectivity index (χ1) is 13.4. The van der Waals surface area contributed by atoms with Gasteiger partial charge in [0.05, 0.1) is 5.02 Å². The van der Waals surface area contributed by atoms with Crippen molar-refractivity contribution in [3.8, 4) is 5.75 Å². The number of phenolic OH excluding ortho intramolecular Hbond substituents is 1. The fourth-order valence-electron chi connectivity index (χ4n) is 3.05. The molecule has 0 heterocycles. The van der Waals surface area contributed by atoms with Crippen molar-refractivity contribution in [1.82, 2.24) is 10.6 Å². The Hall–Kier alpha value is -1.26. The van der Waals surface area contributed by atoms with Crippen molar-refractivity contribution in [3.63, 3.8) is 0 Å². The monoisotopic (exact) mass is 436 g/mol. The molecule has 3 nitrogen and oxygen atoms in total. The van der Waals surface area contributed by atoms with E-state index in [4.69, 9.17) is 23.2 Å². The molecule has 5 heteroatoms. The highest BCUT2D eigenvalue weighted by Crippen LogP contribution is 2.31. The fraction of sp³-hybridized carbons (Fsp3) is 0.500. The number of aromatic hydroxyl groups is 1. The van der Waals surface area contributed by atoms with Gasteiger partial charge in [0.2, 0.25) is 0 Å². The molecule has 0 aromatic heterocycles. The number of hydrogen-bond acceptors (Lipinski definition) is 3. The van der Waals surface area contributed by atoms with Gasteiger partial charge in [0.25, 0.3) is 0 Å².